The van der Waals surface area contributed by atoms with E-state index in [2.05, 4.69) is 15.5 Å². The summed E-state index contributed by atoms with van der Waals surface area (Å²) in [6.07, 6.45) is 15.5. The van der Waals surface area contributed by atoms with Gasteiger partial charge in [0.2, 0.25) is 5.96 Å². The molecule has 0 aromatic heterocycles. The molecule has 0 saturated heterocycles. The predicted molar refractivity (Wildman–Crippen MR) is 148 cm³/mol. The maximum Gasteiger partial charge on any atom is 0.209 e. The number of amidine groups is 1. The second kappa shape index (κ2) is 14.3. The van der Waals surface area contributed by atoms with Gasteiger partial charge in [0.05, 0.1) is 5.69 Å². The van der Waals surface area contributed by atoms with Crippen molar-refractivity contribution in [2.24, 2.45) is 9.98 Å². The molecule has 2 fully saturated rings. The van der Waals surface area contributed by atoms with Gasteiger partial charge in [-0.05, 0) is 71.6 Å². The van der Waals surface area contributed by atoms with Gasteiger partial charge in [0, 0.05) is 24.3 Å². The number of aliphatic imine (C=N–C) groups is 2. The molecule has 1 aliphatic heterocycles. The van der Waals surface area contributed by atoms with Crippen molar-refractivity contribution in [1.82, 2.24) is 10.2 Å². The highest BCUT2D eigenvalue weighted by molar-refractivity contribution is 6.18. The summed E-state index contributed by atoms with van der Waals surface area (Å²) in [6.45, 7) is 7.39. The number of aliphatic hydroxyl groups excluding tert-OH is 1. The largest absolute Gasteiger partial charge is 0.394 e. The van der Waals surface area contributed by atoms with Gasteiger partial charge in [0.15, 0.2) is 5.84 Å². The normalized spacial score (nSPS) is 21.8. The molecule has 1 aromatic carbocycles. The van der Waals surface area contributed by atoms with E-state index < -0.39 is 11.6 Å². The van der Waals surface area contributed by atoms with Crippen LogP contribution in [0.15, 0.2) is 51.9 Å². The molecule has 0 radical (unpaired) electrons. The number of anilines is 1. The fourth-order valence-electron chi connectivity index (χ4n) is 4.98. The molecule has 3 aliphatic rings. The first kappa shape index (κ1) is 28.8. The molecular formula is C29H43F2N5O. The molecule has 1 heterocycles. The quantitative estimate of drug-likeness (QED) is 0.401. The summed E-state index contributed by atoms with van der Waals surface area (Å²) in [6, 6.07) is 4.24. The van der Waals surface area contributed by atoms with E-state index >= 15 is 0 Å². The van der Waals surface area contributed by atoms with Crippen LogP contribution in [0.5, 0.6) is 0 Å². The number of allylic oxidation sites excluding steroid dienone is 2. The Balaban J connectivity index is 0.000000886. The third-order valence-corrected chi connectivity index (χ3v) is 6.76. The molecule has 3 N–H and O–H groups in total. The first-order valence-electron chi connectivity index (χ1n) is 13.8. The molecule has 37 heavy (non-hydrogen) atoms. The molecule has 0 unspecified atom stereocenters. The highest BCUT2D eigenvalue weighted by Gasteiger charge is 2.35. The van der Waals surface area contributed by atoms with Crippen molar-refractivity contribution in [2.75, 3.05) is 5.32 Å². The second-order valence-corrected chi connectivity index (χ2v) is 10.2. The standard InChI is InChI=1S/C26H35F2N5.C3H8O/c1-3-22-25(32-24(4-2)29-19-11-7-5-8-12-19)33(20-13-9-6-10-14-20)26(30-22)31-23-16-15-18(27)17-21(23)28;1-3(2)4/h3-4,15-17,19-20,29H,5-14H2,1-2H3,(H,30,31);3-4H,1-2H3/b22-3+,24-4+,32-25+;. The van der Waals surface area contributed by atoms with Crippen LogP contribution in [0.1, 0.15) is 91.9 Å². The Kier molecular flexibility index (Phi) is 11.1. The number of halogens is 2. The maximum atomic E-state index is 14.4. The zero-order valence-electron chi connectivity index (χ0n) is 22.7. The topological polar surface area (TPSA) is 72.2 Å². The van der Waals surface area contributed by atoms with Crippen LogP contribution in [0.2, 0.25) is 0 Å². The number of nitrogens with one attached hydrogen (secondary N) is 2. The Hall–Kier alpha value is -2.74. The Morgan fingerprint density at radius 3 is 2.24 bits per heavy atom. The van der Waals surface area contributed by atoms with Crippen molar-refractivity contribution >= 4 is 17.5 Å². The van der Waals surface area contributed by atoms with Crippen LogP contribution in [0.3, 0.4) is 0 Å². The molecule has 2 saturated carbocycles. The van der Waals surface area contributed by atoms with E-state index in [1.807, 2.05) is 26.0 Å². The van der Waals surface area contributed by atoms with Gasteiger partial charge in [0.25, 0.3) is 0 Å². The summed E-state index contributed by atoms with van der Waals surface area (Å²) in [5.41, 5.74) is 0.967. The molecule has 0 amide bonds. The number of hydrogen-bond donors (Lipinski definition) is 3. The summed E-state index contributed by atoms with van der Waals surface area (Å²) in [4.78, 5) is 12.0. The lowest BCUT2D eigenvalue weighted by molar-refractivity contribution is 0.216. The van der Waals surface area contributed by atoms with E-state index in [1.54, 1.807) is 13.8 Å². The second-order valence-electron chi connectivity index (χ2n) is 10.2. The fraction of sp³-hybridized carbons (Fsp3) is 0.586. The molecular weight excluding hydrogens is 472 g/mol. The highest BCUT2D eigenvalue weighted by Crippen LogP contribution is 2.30. The number of rotatable bonds is 5. The van der Waals surface area contributed by atoms with Crippen molar-refractivity contribution in [3.63, 3.8) is 0 Å². The Bertz CT molecular complexity index is 1000. The minimum atomic E-state index is -0.637. The van der Waals surface area contributed by atoms with Crippen molar-refractivity contribution < 1.29 is 13.9 Å². The molecule has 0 spiro atoms. The van der Waals surface area contributed by atoms with Gasteiger partial charge < -0.3 is 15.7 Å². The van der Waals surface area contributed by atoms with E-state index in [0.29, 0.717) is 12.0 Å². The van der Waals surface area contributed by atoms with Crippen LogP contribution < -0.4 is 10.6 Å². The van der Waals surface area contributed by atoms with Gasteiger partial charge in [-0.2, -0.15) is 0 Å². The van der Waals surface area contributed by atoms with Crippen LogP contribution in [0.25, 0.3) is 0 Å². The zero-order chi connectivity index (χ0) is 26.8. The Morgan fingerprint density at radius 2 is 1.68 bits per heavy atom. The average molecular weight is 516 g/mol. The lowest BCUT2D eigenvalue weighted by Gasteiger charge is -2.34. The SMILES string of the molecule is C/C=C(/N=C1\C(=C/C)N=C(Nc2ccc(F)cc2F)N1C1CCCCC1)NC1CCCCC1.CC(C)O. The van der Waals surface area contributed by atoms with Crippen LogP contribution in [0.4, 0.5) is 14.5 Å². The minimum Gasteiger partial charge on any atom is -0.394 e. The Morgan fingerprint density at radius 1 is 1.05 bits per heavy atom. The lowest BCUT2D eigenvalue weighted by atomic mass is 9.94. The summed E-state index contributed by atoms with van der Waals surface area (Å²) in [5.74, 6) is 0.944. The number of guanidine groups is 1. The van der Waals surface area contributed by atoms with E-state index in [9.17, 15) is 8.78 Å². The fourth-order valence-corrected chi connectivity index (χ4v) is 4.98. The van der Waals surface area contributed by atoms with Crippen LogP contribution in [-0.2, 0) is 0 Å². The van der Waals surface area contributed by atoms with Crippen molar-refractivity contribution in [1.29, 1.82) is 0 Å². The van der Waals surface area contributed by atoms with Crippen molar-refractivity contribution in [3.8, 4) is 0 Å². The summed E-state index contributed by atoms with van der Waals surface area (Å²) < 4.78 is 27.9. The summed E-state index contributed by atoms with van der Waals surface area (Å²) >= 11 is 0. The van der Waals surface area contributed by atoms with Gasteiger partial charge in [-0.25, -0.2) is 18.8 Å². The van der Waals surface area contributed by atoms with Gasteiger partial charge >= 0.3 is 0 Å². The molecule has 8 heteroatoms. The van der Waals surface area contributed by atoms with Gasteiger partial charge in [-0.3, -0.25) is 4.90 Å². The van der Waals surface area contributed by atoms with E-state index in [0.717, 1.165) is 61.9 Å². The molecule has 0 bridgehead atoms. The summed E-state index contributed by atoms with van der Waals surface area (Å²) in [7, 11) is 0. The Labute approximate surface area is 220 Å². The lowest BCUT2D eigenvalue weighted by Crippen LogP contribution is -2.45. The third kappa shape index (κ3) is 8.38. The zero-order valence-corrected chi connectivity index (χ0v) is 22.7. The predicted octanol–water partition coefficient (Wildman–Crippen LogP) is 6.85. The third-order valence-electron chi connectivity index (χ3n) is 6.76. The molecule has 0 atom stereocenters. The number of benzene rings is 1. The molecule has 1 aromatic rings. The molecule has 204 valence electrons. The van der Waals surface area contributed by atoms with Crippen molar-refractivity contribution in [3.05, 3.63) is 53.5 Å². The first-order chi connectivity index (χ1) is 17.8. The summed E-state index contributed by atoms with van der Waals surface area (Å²) in [5, 5.41) is 14.8. The van der Waals surface area contributed by atoms with Gasteiger partial charge in [-0.1, -0.05) is 44.6 Å². The number of aliphatic hydroxyl groups is 1. The number of nitrogens with zero attached hydrogens (tertiary/aromatic N) is 3. The van der Waals surface area contributed by atoms with E-state index in [1.165, 1.54) is 37.8 Å². The van der Waals surface area contributed by atoms with Crippen LogP contribution >= 0.6 is 0 Å². The smallest absolute Gasteiger partial charge is 0.209 e. The first-order valence-corrected chi connectivity index (χ1v) is 13.8. The highest BCUT2D eigenvalue weighted by atomic mass is 19.1. The average Bonchev–Trinajstić information content (AvgIpc) is 3.22. The van der Waals surface area contributed by atoms with Crippen LogP contribution in [0, 0.1) is 11.6 Å². The van der Waals surface area contributed by atoms with Crippen LogP contribution in [-0.4, -0.2) is 40.0 Å². The monoisotopic (exact) mass is 515 g/mol. The van der Waals surface area contributed by atoms with Gasteiger partial charge in [0.1, 0.15) is 23.2 Å². The maximum absolute atomic E-state index is 14.4. The van der Waals surface area contributed by atoms with E-state index in [-0.39, 0.29) is 17.8 Å². The molecule has 6 nitrogen and oxygen atoms in total. The molecule has 4 rings (SSSR count). The number of hydrogen-bond acceptors (Lipinski definition) is 5. The van der Waals surface area contributed by atoms with Crippen molar-refractivity contribution in [2.45, 2.75) is 110 Å². The van der Waals surface area contributed by atoms with E-state index in [4.69, 9.17) is 15.1 Å². The van der Waals surface area contributed by atoms with Gasteiger partial charge in [-0.15, -0.1) is 0 Å². The minimum absolute atomic E-state index is 0.167. The molecule has 2 aliphatic carbocycles.